The Hall–Kier alpha value is -1.87. The summed E-state index contributed by atoms with van der Waals surface area (Å²) in [5.74, 6) is -0.476. The molecule has 0 saturated carbocycles. The van der Waals surface area contributed by atoms with Crippen molar-refractivity contribution in [3.05, 3.63) is 55.7 Å². The minimum Gasteiger partial charge on any atom is -0.465 e. The first-order chi connectivity index (χ1) is 11.5. The third-order valence-corrected chi connectivity index (χ3v) is 4.45. The lowest BCUT2D eigenvalue weighted by Crippen LogP contribution is -2.27. The van der Waals surface area contributed by atoms with Crippen molar-refractivity contribution >= 4 is 45.7 Å². The lowest BCUT2D eigenvalue weighted by Gasteiger charge is -2.07. The van der Waals surface area contributed by atoms with Crippen molar-refractivity contribution < 1.29 is 9.53 Å². The molecule has 124 valence electrons. The summed E-state index contributed by atoms with van der Waals surface area (Å²) < 4.78 is 8.49. The highest BCUT2D eigenvalue weighted by Gasteiger charge is 2.16. The summed E-state index contributed by atoms with van der Waals surface area (Å²) in [5, 5.41) is 4.84. The number of aromatic nitrogens is 3. The summed E-state index contributed by atoms with van der Waals surface area (Å²) in [6.45, 7) is 1.81. The quantitative estimate of drug-likeness (QED) is 0.446. The zero-order chi connectivity index (χ0) is 17.3. The fraction of sp³-hybridized carbons (Fsp3) is 0.188. The summed E-state index contributed by atoms with van der Waals surface area (Å²) in [5.41, 5.74) is 1.62. The first-order valence-electron chi connectivity index (χ1n) is 7.19. The predicted molar refractivity (Wildman–Crippen MR) is 99.2 cm³/mol. The van der Waals surface area contributed by atoms with Crippen molar-refractivity contribution in [1.82, 2.24) is 14.2 Å². The monoisotopic (exact) mass is 457 g/mol. The zero-order valence-corrected chi connectivity index (χ0v) is 15.6. The van der Waals surface area contributed by atoms with E-state index in [1.54, 1.807) is 23.6 Å². The fourth-order valence-corrected chi connectivity index (χ4v) is 3.29. The molecule has 2 aromatic heterocycles. The van der Waals surface area contributed by atoms with Gasteiger partial charge in [0.1, 0.15) is 22.1 Å². The third kappa shape index (κ3) is 3.18. The van der Waals surface area contributed by atoms with Crippen molar-refractivity contribution in [3.63, 3.8) is 0 Å². The van der Waals surface area contributed by atoms with Gasteiger partial charge < -0.3 is 4.74 Å². The predicted octanol–water partition coefficient (Wildman–Crippen LogP) is 2.98. The SMILES string of the molecule is CCOC(=O)Cn1cnn2c(I)cc(-c3cccc(Cl)c3)c2c1=O. The topological polar surface area (TPSA) is 65.6 Å². The maximum atomic E-state index is 12.8. The van der Waals surface area contributed by atoms with Gasteiger partial charge >= 0.3 is 5.97 Å². The van der Waals surface area contributed by atoms with E-state index in [0.717, 1.165) is 14.8 Å². The van der Waals surface area contributed by atoms with Gasteiger partial charge in [-0.05, 0) is 53.3 Å². The molecule has 0 spiro atoms. The molecule has 2 heterocycles. The molecular formula is C16H13ClIN3O3. The molecule has 8 heteroatoms. The van der Waals surface area contributed by atoms with Crippen LogP contribution in [0.3, 0.4) is 0 Å². The van der Waals surface area contributed by atoms with Crippen LogP contribution in [0.2, 0.25) is 5.02 Å². The van der Waals surface area contributed by atoms with Gasteiger partial charge in [0.25, 0.3) is 5.56 Å². The molecule has 0 radical (unpaired) electrons. The number of hydrogen-bond donors (Lipinski definition) is 0. The van der Waals surface area contributed by atoms with E-state index >= 15 is 0 Å². The minimum absolute atomic E-state index is 0.174. The molecule has 0 saturated heterocycles. The second-order valence-corrected chi connectivity index (χ2v) is 6.56. The molecule has 0 aliphatic heterocycles. The number of benzene rings is 1. The molecular weight excluding hydrogens is 445 g/mol. The molecule has 1 aromatic carbocycles. The van der Waals surface area contributed by atoms with Crippen LogP contribution < -0.4 is 5.56 Å². The highest BCUT2D eigenvalue weighted by atomic mass is 127. The van der Waals surface area contributed by atoms with E-state index in [-0.39, 0.29) is 18.7 Å². The van der Waals surface area contributed by atoms with Crippen molar-refractivity contribution in [2.24, 2.45) is 0 Å². The number of carbonyl (C=O) groups excluding carboxylic acids is 1. The number of esters is 1. The van der Waals surface area contributed by atoms with Gasteiger partial charge in [0.15, 0.2) is 0 Å². The van der Waals surface area contributed by atoms with E-state index in [9.17, 15) is 9.59 Å². The van der Waals surface area contributed by atoms with Crippen molar-refractivity contribution in [3.8, 4) is 11.1 Å². The van der Waals surface area contributed by atoms with Gasteiger partial charge in [-0.1, -0.05) is 23.7 Å². The molecule has 0 bridgehead atoms. The Bertz CT molecular complexity index is 980. The van der Waals surface area contributed by atoms with Crippen LogP contribution in [0.15, 0.2) is 41.5 Å². The number of hydrogen-bond acceptors (Lipinski definition) is 4. The van der Waals surface area contributed by atoms with E-state index in [0.29, 0.717) is 10.5 Å². The van der Waals surface area contributed by atoms with Crippen LogP contribution in [0.5, 0.6) is 0 Å². The lowest BCUT2D eigenvalue weighted by atomic mass is 10.1. The summed E-state index contributed by atoms with van der Waals surface area (Å²) >= 11 is 8.17. The molecule has 0 aliphatic carbocycles. The highest BCUT2D eigenvalue weighted by molar-refractivity contribution is 14.1. The maximum Gasteiger partial charge on any atom is 0.326 e. The molecule has 3 aromatic rings. The van der Waals surface area contributed by atoms with E-state index in [2.05, 4.69) is 27.7 Å². The highest BCUT2D eigenvalue weighted by Crippen LogP contribution is 2.28. The molecule has 3 rings (SSSR count). The molecule has 0 N–H and O–H groups in total. The van der Waals surface area contributed by atoms with Crippen LogP contribution in [-0.2, 0) is 16.1 Å². The Balaban J connectivity index is 2.18. The van der Waals surface area contributed by atoms with Crippen LogP contribution in [0, 0.1) is 3.70 Å². The smallest absolute Gasteiger partial charge is 0.326 e. The Kier molecular flexibility index (Phi) is 4.91. The van der Waals surface area contributed by atoms with E-state index in [1.807, 2.05) is 18.2 Å². The Morgan fingerprint density at radius 3 is 2.88 bits per heavy atom. The van der Waals surface area contributed by atoms with E-state index in [1.165, 1.54) is 10.9 Å². The van der Waals surface area contributed by atoms with Gasteiger partial charge in [0.2, 0.25) is 0 Å². The zero-order valence-electron chi connectivity index (χ0n) is 12.7. The summed E-state index contributed by atoms with van der Waals surface area (Å²) in [7, 11) is 0. The number of carbonyl (C=O) groups is 1. The standard InChI is InChI=1S/C16H13ClIN3O3/c1-2-24-14(22)8-20-9-19-21-13(18)7-12(15(21)16(20)23)10-4-3-5-11(17)6-10/h3-7,9H,2,8H2,1H3. The number of rotatable bonds is 4. The second-order valence-electron chi connectivity index (χ2n) is 5.02. The molecule has 0 fully saturated rings. The Morgan fingerprint density at radius 1 is 1.38 bits per heavy atom. The van der Waals surface area contributed by atoms with Gasteiger partial charge in [-0.2, -0.15) is 5.10 Å². The molecule has 0 amide bonds. The number of fused-ring (bicyclic) bond motifs is 1. The van der Waals surface area contributed by atoms with Crippen LogP contribution in [-0.4, -0.2) is 26.8 Å². The average molecular weight is 458 g/mol. The lowest BCUT2D eigenvalue weighted by molar-refractivity contribution is -0.143. The Morgan fingerprint density at radius 2 is 2.17 bits per heavy atom. The second kappa shape index (κ2) is 6.94. The average Bonchev–Trinajstić information content (AvgIpc) is 2.88. The maximum absolute atomic E-state index is 12.8. The fourth-order valence-electron chi connectivity index (χ4n) is 2.43. The van der Waals surface area contributed by atoms with Gasteiger partial charge in [0, 0.05) is 10.6 Å². The van der Waals surface area contributed by atoms with Crippen LogP contribution >= 0.6 is 34.2 Å². The normalized spacial score (nSPS) is 11.0. The molecule has 0 atom stereocenters. The van der Waals surface area contributed by atoms with Gasteiger partial charge in [-0.15, -0.1) is 0 Å². The first kappa shape index (κ1) is 17.0. The van der Waals surface area contributed by atoms with Crippen LogP contribution in [0.25, 0.3) is 16.6 Å². The third-order valence-electron chi connectivity index (χ3n) is 3.44. The van der Waals surface area contributed by atoms with Crippen LogP contribution in [0.4, 0.5) is 0 Å². The Labute approximate surface area is 156 Å². The molecule has 0 unspecified atom stereocenters. The summed E-state index contributed by atoms with van der Waals surface area (Å²) in [6, 6.07) is 9.12. The number of nitrogens with zero attached hydrogens (tertiary/aromatic N) is 3. The van der Waals surface area contributed by atoms with E-state index < -0.39 is 5.97 Å². The number of ether oxygens (including phenoxy) is 1. The first-order valence-corrected chi connectivity index (χ1v) is 8.65. The molecule has 6 nitrogen and oxygen atoms in total. The summed E-state index contributed by atoms with van der Waals surface area (Å²) in [4.78, 5) is 24.5. The van der Waals surface area contributed by atoms with Gasteiger partial charge in [0.05, 0.1) is 6.61 Å². The molecule has 24 heavy (non-hydrogen) atoms. The van der Waals surface area contributed by atoms with Gasteiger partial charge in [-0.3, -0.25) is 14.2 Å². The van der Waals surface area contributed by atoms with Crippen molar-refractivity contribution in [2.45, 2.75) is 13.5 Å². The minimum atomic E-state index is -0.476. The van der Waals surface area contributed by atoms with E-state index in [4.69, 9.17) is 16.3 Å². The van der Waals surface area contributed by atoms with Crippen molar-refractivity contribution in [2.75, 3.05) is 6.61 Å². The van der Waals surface area contributed by atoms with Crippen LogP contribution in [0.1, 0.15) is 6.92 Å². The summed E-state index contributed by atoms with van der Waals surface area (Å²) in [6.07, 6.45) is 1.34. The van der Waals surface area contributed by atoms with Gasteiger partial charge in [-0.25, -0.2) is 4.52 Å². The van der Waals surface area contributed by atoms with Crippen molar-refractivity contribution in [1.29, 1.82) is 0 Å². The molecule has 0 aliphatic rings. The number of halogens is 2. The largest absolute Gasteiger partial charge is 0.465 e.